The first-order valence-corrected chi connectivity index (χ1v) is 4.75. The molecule has 0 saturated carbocycles. The van der Waals surface area contributed by atoms with Gasteiger partial charge in [0.2, 0.25) is 0 Å². The van der Waals surface area contributed by atoms with Crippen LogP contribution in [0.15, 0.2) is 36.8 Å². The Labute approximate surface area is 90.2 Å². The first-order valence-electron chi connectivity index (χ1n) is 4.75. The lowest BCUT2D eigenvalue weighted by Crippen LogP contribution is -1.88. The lowest BCUT2D eigenvalue weighted by molar-refractivity contribution is 0.628. The second kappa shape index (κ2) is 3.37. The van der Waals surface area contributed by atoms with Crippen LogP contribution >= 0.6 is 0 Å². The number of nitrogens with one attached hydrogen (secondary N) is 1. The topological polar surface area (TPSA) is 54.5 Å². The number of aromatic nitrogens is 4. The van der Waals surface area contributed by atoms with E-state index in [0.29, 0.717) is 17.0 Å². The Morgan fingerprint density at radius 1 is 1.06 bits per heavy atom. The van der Waals surface area contributed by atoms with Crippen LogP contribution in [0, 0.1) is 5.82 Å². The molecule has 78 valence electrons. The quantitative estimate of drug-likeness (QED) is 0.675. The maximum absolute atomic E-state index is 12.8. The molecular weight excluding hydrogens is 207 g/mol. The van der Waals surface area contributed by atoms with E-state index in [-0.39, 0.29) is 5.82 Å². The van der Waals surface area contributed by atoms with Gasteiger partial charge in [-0.1, -0.05) is 0 Å². The van der Waals surface area contributed by atoms with Gasteiger partial charge >= 0.3 is 0 Å². The van der Waals surface area contributed by atoms with E-state index in [1.54, 1.807) is 24.7 Å². The van der Waals surface area contributed by atoms with Crippen molar-refractivity contribution in [3.05, 3.63) is 42.6 Å². The van der Waals surface area contributed by atoms with Crippen molar-refractivity contribution < 1.29 is 4.39 Å². The van der Waals surface area contributed by atoms with Gasteiger partial charge in [0.15, 0.2) is 11.3 Å². The van der Waals surface area contributed by atoms with Crippen molar-refractivity contribution in [2.75, 3.05) is 0 Å². The molecule has 1 N–H and O–H groups in total. The van der Waals surface area contributed by atoms with Crippen molar-refractivity contribution in [1.82, 2.24) is 19.9 Å². The summed E-state index contributed by atoms with van der Waals surface area (Å²) in [5.74, 6) is -0.265. The van der Waals surface area contributed by atoms with E-state index >= 15 is 0 Å². The number of H-pyrrole nitrogens is 1. The van der Waals surface area contributed by atoms with Crippen molar-refractivity contribution in [2.45, 2.75) is 0 Å². The highest BCUT2D eigenvalue weighted by molar-refractivity contribution is 5.69. The van der Waals surface area contributed by atoms with Gasteiger partial charge in [-0.05, 0) is 24.3 Å². The third-order valence-electron chi connectivity index (χ3n) is 2.28. The van der Waals surface area contributed by atoms with E-state index in [9.17, 15) is 4.39 Å². The van der Waals surface area contributed by atoms with Gasteiger partial charge in [0.05, 0.1) is 18.2 Å². The van der Waals surface area contributed by atoms with Gasteiger partial charge in [0, 0.05) is 5.56 Å². The molecule has 0 bridgehead atoms. The van der Waals surface area contributed by atoms with Gasteiger partial charge in [-0.15, -0.1) is 0 Å². The predicted molar refractivity (Wildman–Crippen MR) is 57.1 cm³/mol. The van der Waals surface area contributed by atoms with Crippen molar-refractivity contribution in [1.29, 1.82) is 0 Å². The highest BCUT2D eigenvalue weighted by atomic mass is 19.1. The van der Waals surface area contributed by atoms with Crippen LogP contribution in [-0.2, 0) is 0 Å². The fourth-order valence-corrected chi connectivity index (χ4v) is 1.49. The average molecular weight is 214 g/mol. The minimum Gasteiger partial charge on any atom is -0.328 e. The molecule has 0 aliphatic rings. The first-order chi connectivity index (χ1) is 7.83. The highest BCUT2D eigenvalue weighted by Crippen LogP contribution is 2.17. The molecule has 1 aromatic carbocycles. The van der Waals surface area contributed by atoms with Crippen LogP contribution in [0.1, 0.15) is 0 Å². The van der Waals surface area contributed by atoms with Gasteiger partial charge in [-0.2, -0.15) is 0 Å². The van der Waals surface area contributed by atoms with Crippen molar-refractivity contribution in [2.24, 2.45) is 0 Å². The standard InChI is InChI=1S/C11H7FN4/c12-8-3-1-7(2-4-8)9-5-13-10-11(16-9)15-6-14-10/h1-6H,(H,13,14,15,16). The van der Waals surface area contributed by atoms with E-state index in [2.05, 4.69) is 19.9 Å². The molecule has 2 heterocycles. The van der Waals surface area contributed by atoms with Crippen LogP contribution < -0.4 is 0 Å². The second-order valence-electron chi connectivity index (χ2n) is 3.34. The summed E-state index contributed by atoms with van der Waals surface area (Å²) in [5, 5.41) is 0. The Bertz CT molecular complexity index is 630. The summed E-state index contributed by atoms with van der Waals surface area (Å²) in [5.41, 5.74) is 2.72. The number of hydrogen-bond donors (Lipinski definition) is 1. The largest absolute Gasteiger partial charge is 0.328 e. The number of imidazole rings is 1. The minimum atomic E-state index is -0.265. The molecule has 0 radical (unpaired) electrons. The molecule has 3 aromatic rings. The monoisotopic (exact) mass is 214 g/mol. The normalized spacial score (nSPS) is 10.8. The molecule has 0 spiro atoms. The van der Waals surface area contributed by atoms with Crippen molar-refractivity contribution in [3.63, 3.8) is 0 Å². The molecule has 0 saturated heterocycles. The van der Waals surface area contributed by atoms with Crippen LogP contribution in [0.3, 0.4) is 0 Å². The number of halogens is 1. The molecule has 2 aromatic heterocycles. The summed E-state index contributed by atoms with van der Waals surface area (Å²) < 4.78 is 12.8. The van der Waals surface area contributed by atoms with Gasteiger partial charge in [0.1, 0.15) is 5.82 Å². The SMILES string of the molecule is Fc1ccc(-c2cnc3nc[nH]c3n2)cc1. The smallest absolute Gasteiger partial charge is 0.197 e. The number of nitrogens with zero attached hydrogens (tertiary/aromatic N) is 3. The Balaban J connectivity index is 2.14. The van der Waals surface area contributed by atoms with E-state index in [0.717, 1.165) is 5.56 Å². The summed E-state index contributed by atoms with van der Waals surface area (Å²) in [6.07, 6.45) is 3.16. The highest BCUT2D eigenvalue weighted by Gasteiger charge is 2.03. The second-order valence-corrected chi connectivity index (χ2v) is 3.34. The number of hydrogen-bond acceptors (Lipinski definition) is 3. The third-order valence-corrected chi connectivity index (χ3v) is 2.28. The Kier molecular flexibility index (Phi) is 1.89. The molecule has 0 atom stereocenters. The summed E-state index contributed by atoms with van der Waals surface area (Å²) >= 11 is 0. The molecule has 4 nitrogen and oxygen atoms in total. The van der Waals surface area contributed by atoms with Crippen LogP contribution in [0.25, 0.3) is 22.6 Å². The van der Waals surface area contributed by atoms with Crippen LogP contribution in [0.2, 0.25) is 0 Å². The van der Waals surface area contributed by atoms with E-state index < -0.39 is 0 Å². The molecule has 0 aliphatic heterocycles. The Morgan fingerprint density at radius 2 is 1.88 bits per heavy atom. The zero-order valence-corrected chi connectivity index (χ0v) is 8.18. The van der Waals surface area contributed by atoms with E-state index in [1.807, 2.05) is 0 Å². The lowest BCUT2D eigenvalue weighted by atomic mass is 10.1. The zero-order valence-electron chi connectivity index (χ0n) is 8.18. The Morgan fingerprint density at radius 3 is 2.69 bits per heavy atom. The molecule has 5 heteroatoms. The molecule has 0 fully saturated rings. The van der Waals surface area contributed by atoms with Gasteiger partial charge in [-0.25, -0.2) is 19.3 Å². The third kappa shape index (κ3) is 1.42. The average Bonchev–Trinajstić information content (AvgIpc) is 2.77. The minimum absolute atomic E-state index is 0.265. The number of rotatable bonds is 1. The number of benzene rings is 1. The zero-order chi connectivity index (χ0) is 11.0. The fraction of sp³-hybridized carbons (Fsp3) is 0. The van der Waals surface area contributed by atoms with E-state index in [1.165, 1.54) is 12.1 Å². The number of fused-ring (bicyclic) bond motifs is 1. The maximum Gasteiger partial charge on any atom is 0.197 e. The first kappa shape index (κ1) is 8.96. The molecule has 3 rings (SSSR count). The molecule has 0 unspecified atom stereocenters. The van der Waals surface area contributed by atoms with Crippen LogP contribution in [0.5, 0.6) is 0 Å². The van der Waals surface area contributed by atoms with Crippen molar-refractivity contribution >= 4 is 11.3 Å². The molecule has 0 amide bonds. The predicted octanol–water partition coefficient (Wildman–Crippen LogP) is 2.16. The summed E-state index contributed by atoms with van der Waals surface area (Å²) in [4.78, 5) is 15.3. The molecular formula is C11H7FN4. The van der Waals surface area contributed by atoms with Gasteiger partial charge in [-0.3, -0.25) is 0 Å². The lowest BCUT2D eigenvalue weighted by Gasteiger charge is -1.99. The summed E-state index contributed by atoms with van der Waals surface area (Å²) in [6, 6.07) is 6.13. The molecule has 16 heavy (non-hydrogen) atoms. The van der Waals surface area contributed by atoms with Crippen LogP contribution in [-0.4, -0.2) is 19.9 Å². The van der Waals surface area contributed by atoms with Gasteiger partial charge < -0.3 is 4.98 Å². The van der Waals surface area contributed by atoms with Crippen LogP contribution in [0.4, 0.5) is 4.39 Å². The number of aromatic amines is 1. The Hall–Kier alpha value is -2.30. The van der Waals surface area contributed by atoms with E-state index in [4.69, 9.17) is 0 Å². The maximum atomic E-state index is 12.8. The molecule has 0 aliphatic carbocycles. The fourth-order valence-electron chi connectivity index (χ4n) is 1.49. The summed E-state index contributed by atoms with van der Waals surface area (Å²) in [7, 11) is 0. The van der Waals surface area contributed by atoms with Gasteiger partial charge in [0.25, 0.3) is 0 Å². The van der Waals surface area contributed by atoms with Crippen molar-refractivity contribution in [3.8, 4) is 11.3 Å². The summed E-state index contributed by atoms with van der Waals surface area (Å²) in [6.45, 7) is 0.